The maximum absolute atomic E-state index is 12.5. The molecule has 2 aromatic heterocycles. The standard InChI is InChI=1S/C26H25N3O5/c1-26(2,3)33-23(30)13-19-8-7-18-10-15-4-5-16(11-20(15)29(18)19)24-27-25(34-28-24)17-6-9-21-22(12-17)32-14-31-21/h4-6,9-12,19H,7-8,13-14H2,1-3H3. The lowest BCUT2D eigenvalue weighted by Crippen LogP contribution is -2.25. The zero-order chi connectivity index (χ0) is 23.4. The quantitative estimate of drug-likeness (QED) is 0.382. The van der Waals surface area contributed by atoms with Gasteiger partial charge in [-0.25, -0.2) is 0 Å². The molecule has 0 radical (unpaired) electrons. The fourth-order valence-corrected chi connectivity index (χ4v) is 4.74. The lowest BCUT2D eigenvalue weighted by Gasteiger charge is -2.22. The molecule has 2 aliphatic heterocycles. The summed E-state index contributed by atoms with van der Waals surface area (Å²) in [4.78, 5) is 17.1. The summed E-state index contributed by atoms with van der Waals surface area (Å²) in [7, 11) is 0. The Morgan fingerprint density at radius 3 is 2.76 bits per heavy atom. The molecule has 0 saturated heterocycles. The van der Waals surface area contributed by atoms with E-state index in [2.05, 4.69) is 32.9 Å². The van der Waals surface area contributed by atoms with Gasteiger partial charge >= 0.3 is 5.97 Å². The van der Waals surface area contributed by atoms with Gasteiger partial charge in [0.15, 0.2) is 11.5 Å². The Labute approximate surface area is 196 Å². The molecule has 0 bridgehead atoms. The zero-order valence-electron chi connectivity index (χ0n) is 19.3. The molecule has 0 amide bonds. The lowest BCUT2D eigenvalue weighted by atomic mass is 10.1. The highest BCUT2D eigenvalue weighted by molar-refractivity contribution is 5.86. The van der Waals surface area contributed by atoms with Crippen molar-refractivity contribution in [3.63, 3.8) is 0 Å². The summed E-state index contributed by atoms with van der Waals surface area (Å²) in [5.41, 5.74) is 3.43. The molecule has 0 N–H and O–H groups in total. The number of rotatable bonds is 4. The maximum Gasteiger partial charge on any atom is 0.308 e. The van der Waals surface area contributed by atoms with Crippen molar-refractivity contribution in [2.45, 2.75) is 51.7 Å². The SMILES string of the molecule is CC(C)(C)OC(=O)CC1CCc2cc3ccc(-c4noc(-c5ccc6c(c5)OCO6)n4)cc3n21. The van der Waals surface area contributed by atoms with Gasteiger partial charge in [0, 0.05) is 28.4 Å². The number of aryl methyl sites for hydroxylation is 1. The third kappa shape index (κ3) is 3.69. The first kappa shape index (κ1) is 20.8. The Hall–Kier alpha value is -3.81. The number of fused-ring (bicyclic) bond motifs is 4. The van der Waals surface area contributed by atoms with Crippen LogP contribution in [0, 0.1) is 0 Å². The predicted molar refractivity (Wildman–Crippen MR) is 125 cm³/mol. The molecule has 2 aliphatic rings. The second kappa shape index (κ2) is 7.62. The van der Waals surface area contributed by atoms with Gasteiger partial charge in [0.05, 0.1) is 6.42 Å². The molecule has 4 aromatic rings. The average Bonchev–Trinajstić information content (AvgIpc) is 3.56. The number of benzene rings is 2. The first-order valence-electron chi connectivity index (χ1n) is 11.4. The molecular weight excluding hydrogens is 434 g/mol. The van der Waals surface area contributed by atoms with Crippen molar-refractivity contribution in [1.82, 2.24) is 14.7 Å². The summed E-state index contributed by atoms with van der Waals surface area (Å²) in [5.74, 6) is 2.12. The number of aromatic nitrogens is 3. The number of carbonyl (C=O) groups is 1. The van der Waals surface area contributed by atoms with E-state index in [0.29, 0.717) is 29.6 Å². The molecule has 4 heterocycles. The third-order valence-electron chi connectivity index (χ3n) is 6.15. The second-order valence-corrected chi connectivity index (χ2v) is 9.75. The van der Waals surface area contributed by atoms with Crippen LogP contribution in [0.2, 0.25) is 0 Å². The van der Waals surface area contributed by atoms with Crippen LogP contribution in [0.5, 0.6) is 11.5 Å². The number of esters is 1. The first-order valence-corrected chi connectivity index (χ1v) is 11.4. The summed E-state index contributed by atoms with van der Waals surface area (Å²) >= 11 is 0. The van der Waals surface area contributed by atoms with Crippen LogP contribution >= 0.6 is 0 Å². The minimum absolute atomic E-state index is 0.0760. The molecule has 0 spiro atoms. The topological polar surface area (TPSA) is 88.6 Å². The zero-order valence-corrected chi connectivity index (χ0v) is 19.3. The van der Waals surface area contributed by atoms with E-state index < -0.39 is 5.60 Å². The van der Waals surface area contributed by atoms with Crippen LogP contribution in [0.4, 0.5) is 0 Å². The Morgan fingerprint density at radius 2 is 1.91 bits per heavy atom. The van der Waals surface area contributed by atoms with E-state index in [9.17, 15) is 4.79 Å². The summed E-state index contributed by atoms with van der Waals surface area (Å²) in [6, 6.07) is 13.9. The molecule has 1 unspecified atom stereocenters. The van der Waals surface area contributed by atoms with Crippen LogP contribution < -0.4 is 9.47 Å². The molecule has 0 aliphatic carbocycles. The molecule has 0 fully saturated rings. The smallest absolute Gasteiger partial charge is 0.308 e. The minimum Gasteiger partial charge on any atom is -0.460 e. The van der Waals surface area contributed by atoms with Crippen LogP contribution in [-0.2, 0) is 16.0 Å². The Bertz CT molecular complexity index is 1410. The second-order valence-electron chi connectivity index (χ2n) is 9.75. The predicted octanol–water partition coefficient (Wildman–Crippen LogP) is 5.31. The highest BCUT2D eigenvalue weighted by atomic mass is 16.7. The largest absolute Gasteiger partial charge is 0.460 e. The number of carbonyl (C=O) groups excluding carboxylic acids is 1. The van der Waals surface area contributed by atoms with Gasteiger partial charge in [0.1, 0.15) is 5.60 Å². The summed E-state index contributed by atoms with van der Waals surface area (Å²) in [6.45, 7) is 5.89. The number of nitrogens with zero attached hydrogens (tertiary/aromatic N) is 3. The van der Waals surface area contributed by atoms with Crippen molar-refractivity contribution >= 4 is 16.9 Å². The molecule has 8 nitrogen and oxygen atoms in total. The van der Waals surface area contributed by atoms with Crippen LogP contribution in [0.1, 0.15) is 45.3 Å². The highest BCUT2D eigenvalue weighted by Gasteiger charge is 2.29. The van der Waals surface area contributed by atoms with Crippen LogP contribution in [-0.4, -0.2) is 33.1 Å². The van der Waals surface area contributed by atoms with Crippen molar-refractivity contribution in [1.29, 1.82) is 0 Å². The van der Waals surface area contributed by atoms with Crippen molar-refractivity contribution in [2.75, 3.05) is 6.79 Å². The Kier molecular flexibility index (Phi) is 4.65. The summed E-state index contributed by atoms with van der Waals surface area (Å²) in [5, 5.41) is 5.34. The van der Waals surface area contributed by atoms with E-state index in [4.69, 9.17) is 18.7 Å². The normalized spacial score (nSPS) is 16.7. The number of hydrogen-bond donors (Lipinski definition) is 0. The van der Waals surface area contributed by atoms with E-state index in [0.717, 1.165) is 34.9 Å². The molecule has 0 saturated carbocycles. The van der Waals surface area contributed by atoms with E-state index >= 15 is 0 Å². The minimum atomic E-state index is -0.487. The average molecular weight is 460 g/mol. The number of ether oxygens (including phenoxy) is 3. The first-order chi connectivity index (χ1) is 16.3. The van der Waals surface area contributed by atoms with Crippen LogP contribution in [0.3, 0.4) is 0 Å². The summed E-state index contributed by atoms with van der Waals surface area (Å²) in [6.07, 6.45) is 2.22. The molecular formula is C26H25N3O5. The fraction of sp³-hybridized carbons (Fsp3) is 0.346. The van der Waals surface area contributed by atoms with Gasteiger partial charge < -0.3 is 23.3 Å². The monoisotopic (exact) mass is 459 g/mol. The molecule has 34 heavy (non-hydrogen) atoms. The highest BCUT2D eigenvalue weighted by Crippen LogP contribution is 2.38. The van der Waals surface area contributed by atoms with E-state index in [1.54, 1.807) is 0 Å². The van der Waals surface area contributed by atoms with Gasteiger partial charge in [0.25, 0.3) is 5.89 Å². The Balaban J connectivity index is 1.30. The van der Waals surface area contributed by atoms with Crippen molar-refractivity contribution in [3.8, 4) is 34.3 Å². The molecule has 8 heteroatoms. The van der Waals surface area contributed by atoms with Crippen molar-refractivity contribution in [3.05, 3.63) is 48.2 Å². The maximum atomic E-state index is 12.5. The van der Waals surface area contributed by atoms with Gasteiger partial charge in [-0.15, -0.1) is 0 Å². The van der Waals surface area contributed by atoms with Crippen LogP contribution in [0.15, 0.2) is 47.0 Å². The Morgan fingerprint density at radius 1 is 1.09 bits per heavy atom. The van der Waals surface area contributed by atoms with Crippen molar-refractivity contribution < 1.29 is 23.5 Å². The fourth-order valence-electron chi connectivity index (χ4n) is 4.74. The molecule has 174 valence electrons. The van der Waals surface area contributed by atoms with E-state index in [-0.39, 0.29) is 18.8 Å². The molecule has 6 rings (SSSR count). The van der Waals surface area contributed by atoms with Gasteiger partial charge in [-0.05, 0) is 69.3 Å². The lowest BCUT2D eigenvalue weighted by molar-refractivity contribution is -0.155. The van der Waals surface area contributed by atoms with Gasteiger partial charge in [-0.1, -0.05) is 17.3 Å². The van der Waals surface area contributed by atoms with Crippen LogP contribution in [0.25, 0.3) is 33.7 Å². The van der Waals surface area contributed by atoms with E-state index in [1.807, 2.05) is 45.0 Å². The van der Waals surface area contributed by atoms with Gasteiger partial charge in [-0.2, -0.15) is 4.98 Å². The van der Waals surface area contributed by atoms with Gasteiger partial charge in [-0.3, -0.25) is 4.79 Å². The molecule has 1 atom stereocenters. The van der Waals surface area contributed by atoms with Gasteiger partial charge in [0.2, 0.25) is 12.6 Å². The number of hydrogen-bond acceptors (Lipinski definition) is 7. The van der Waals surface area contributed by atoms with E-state index in [1.165, 1.54) is 5.69 Å². The third-order valence-corrected chi connectivity index (χ3v) is 6.15. The summed E-state index contributed by atoms with van der Waals surface area (Å²) < 4.78 is 24.2. The molecule has 2 aromatic carbocycles. The van der Waals surface area contributed by atoms with Crippen molar-refractivity contribution in [2.24, 2.45) is 0 Å².